The van der Waals surface area contributed by atoms with Crippen molar-refractivity contribution in [2.45, 2.75) is 25.1 Å². The molecular weight excluding hydrogens is 291 g/mol. The number of hydrogen-bond donors (Lipinski definition) is 0. The molecule has 0 radical (unpaired) electrons. The molecule has 0 saturated heterocycles. The molecule has 106 valence electrons. The van der Waals surface area contributed by atoms with E-state index in [0.29, 0.717) is 10.8 Å². The smallest absolute Gasteiger partial charge is 0.343 e. The highest BCUT2D eigenvalue weighted by molar-refractivity contribution is 6.34. The predicted octanol–water partition coefficient (Wildman–Crippen LogP) is 3.81. The van der Waals surface area contributed by atoms with Gasteiger partial charge in [-0.15, -0.1) is 10.2 Å². The molecule has 0 amide bonds. The van der Waals surface area contributed by atoms with E-state index in [0.717, 1.165) is 12.8 Å². The van der Waals surface area contributed by atoms with E-state index in [1.807, 2.05) is 0 Å². The number of aromatic nitrogens is 2. The lowest BCUT2D eigenvalue weighted by Gasteiger charge is -2.25. The fourth-order valence-electron chi connectivity index (χ4n) is 2.23. The fourth-order valence-corrected chi connectivity index (χ4v) is 2.43. The maximum atomic E-state index is 12.7. The Bertz CT molecular complexity index is 640. The largest absolute Gasteiger partial charge is 0.405 e. The first-order valence-electron chi connectivity index (χ1n) is 6.20. The van der Waals surface area contributed by atoms with E-state index < -0.39 is 12.7 Å². The molecule has 1 aromatic heterocycles. The Balaban J connectivity index is 2.09. The van der Waals surface area contributed by atoms with Crippen LogP contribution in [0.1, 0.15) is 12.8 Å². The number of hydrogen-bond acceptors (Lipinski definition) is 3. The van der Waals surface area contributed by atoms with Crippen molar-refractivity contribution in [3.05, 3.63) is 29.4 Å². The molecule has 7 heteroatoms. The van der Waals surface area contributed by atoms with Gasteiger partial charge in [-0.3, -0.25) is 0 Å². The first kappa shape index (κ1) is 13.4. The molecule has 1 saturated carbocycles. The van der Waals surface area contributed by atoms with Crippen molar-refractivity contribution in [2.75, 3.05) is 11.4 Å². The summed E-state index contributed by atoms with van der Waals surface area (Å²) in [6.45, 7) is -1.02. The van der Waals surface area contributed by atoms with Crippen molar-refractivity contribution in [2.24, 2.45) is 0 Å². The van der Waals surface area contributed by atoms with Crippen LogP contribution < -0.4 is 4.90 Å². The third kappa shape index (κ3) is 2.65. The van der Waals surface area contributed by atoms with Gasteiger partial charge in [0.1, 0.15) is 6.54 Å². The van der Waals surface area contributed by atoms with Crippen molar-refractivity contribution < 1.29 is 13.2 Å². The third-order valence-corrected chi connectivity index (χ3v) is 3.51. The van der Waals surface area contributed by atoms with Gasteiger partial charge in [-0.05, 0) is 12.8 Å². The molecule has 1 aromatic carbocycles. The Morgan fingerprint density at radius 3 is 2.40 bits per heavy atom. The molecule has 0 N–H and O–H groups in total. The summed E-state index contributed by atoms with van der Waals surface area (Å²) in [6, 6.07) is 6.86. The SMILES string of the molecule is FC(F)(F)CN(c1nnc(Cl)c2ccccc12)C1CC1. The maximum Gasteiger partial charge on any atom is 0.405 e. The predicted molar refractivity (Wildman–Crippen MR) is 71.0 cm³/mol. The minimum absolute atomic E-state index is 0.115. The van der Waals surface area contributed by atoms with Crippen LogP contribution in [-0.4, -0.2) is 29.0 Å². The zero-order valence-electron chi connectivity index (χ0n) is 10.4. The second-order valence-corrected chi connectivity index (χ2v) is 5.19. The van der Waals surface area contributed by atoms with Gasteiger partial charge in [0.15, 0.2) is 11.0 Å². The van der Waals surface area contributed by atoms with Crippen LogP contribution in [-0.2, 0) is 0 Å². The lowest BCUT2D eigenvalue weighted by atomic mass is 10.2. The Morgan fingerprint density at radius 1 is 1.15 bits per heavy atom. The van der Waals surface area contributed by atoms with Crippen LogP contribution in [0.5, 0.6) is 0 Å². The monoisotopic (exact) mass is 301 g/mol. The highest BCUT2D eigenvalue weighted by Gasteiger charge is 2.39. The number of anilines is 1. The van der Waals surface area contributed by atoms with Crippen molar-refractivity contribution in [3.8, 4) is 0 Å². The van der Waals surface area contributed by atoms with Crippen LogP contribution in [0.4, 0.5) is 19.0 Å². The zero-order chi connectivity index (χ0) is 14.3. The van der Waals surface area contributed by atoms with E-state index in [-0.39, 0.29) is 17.0 Å². The van der Waals surface area contributed by atoms with Gasteiger partial charge >= 0.3 is 6.18 Å². The summed E-state index contributed by atoms with van der Waals surface area (Å²) in [4.78, 5) is 1.28. The average molecular weight is 302 g/mol. The molecule has 2 aromatic rings. The Labute approximate surface area is 118 Å². The zero-order valence-corrected chi connectivity index (χ0v) is 11.1. The molecule has 1 heterocycles. The standard InChI is InChI=1S/C13H11ClF3N3/c14-11-9-3-1-2-4-10(9)12(19-18-11)20(8-5-6-8)7-13(15,16)17/h1-4,8H,5-7H2. The first-order valence-corrected chi connectivity index (χ1v) is 6.58. The van der Waals surface area contributed by atoms with Crippen molar-refractivity contribution in [1.29, 1.82) is 0 Å². The summed E-state index contributed by atoms with van der Waals surface area (Å²) < 4.78 is 38.2. The van der Waals surface area contributed by atoms with Crippen LogP contribution in [0, 0.1) is 0 Å². The van der Waals surface area contributed by atoms with E-state index in [1.165, 1.54) is 4.90 Å². The number of alkyl halides is 3. The summed E-state index contributed by atoms with van der Waals surface area (Å²) >= 11 is 5.95. The molecule has 3 rings (SSSR count). The summed E-state index contributed by atoms with van der Waals surface area (Å²) in [5.41, 5.74) is 0. The number of fused-ring (bicyclic) bond motifs is 1. The van der Waals surface area contributed by atoms with Gasteiger partial charge < -0.3 is 4.90 Å². The van der Waals surface area contributed by atoms with Crippen molar-refractivity contribution in [3.63, 3.8) is 0 Å². The fraction of sp³-hybridized carbons (Fsp3) is 0.385. The lowest BCUT2D eigenvalue weighted by molar-refractivity contribution is -0.120. The van der Waals surface area contributed by atoms with Gasteiger partial charge in [0.25, 0.3) is 0 Å². The molecule has 3 nitrogen and oxygen atoms in total. The molecule has 1 fully saturated rings. The van der Waals surface area contributed by atoms with Crippen LogP contribution in [0.3, 0.4) is 0 Å². The molecule has 20 heavy (non-hydrogen) atoms. The molecule has 1 aliphatic rings. The van der Waals surface area contributed by atoms with E-state index in [9.17, 15) is 13.2 Å². The summed E-state index contributed by atoms with van der Waals surface area (Å²) in [6.07, 6.45) is -2.78. The average Bonchev–Trinajstić information content (AvgIpc) is 3.20. The minimum Gasteiger partial charge on any atom is -0.343 e. The topological polar surface area (TPSA) is 29.0 Å². The number of nitrogens with zero attached hydrogens (tertiary/aromatic N) is 3. The highest BCUT2D eigenvalue weighted by atomic mass is 35.5. The van der Waals surface area contributed by atoms with Crippen molar-refractivity contribution in [1.82, 2.24) is 10.2 Å². The normalized spacial score (nSPS) is 15.6. The molecule has 0 atom stereocenters. The quantitative estimate of drug-likeness (QED) is 0.863. The molecular formula is C13H11ClF3N3. The molecule has 0 bridgehead atoms. The molecule has 0 spiro atoms. The van der Waals surface area contributed by atoms with Crippen molar-refractivity contribution >= 4 is 28.2 Å². The molecule has 1 aliphatic carbocycles. The second kappa shape index (κ2) is 4.77. The van der Waals surface area contributed by atoms with Crippen LogP contribution in [0.15, 0.2) is 24.3 Å². The summed E-state index contributed by atoms with van der Waals surface area (Å²) in [5, 5.41) is 9.09. The molecule has 0 unspecified atom stereocenters. The van der Waals surface area contributed by atoms with E-state index >= 15 is 0 Å². The van der Waals surface area contributed by atoms with Crippen LogP contribution in [0.2, 0.25) is 5.15 Å². The second-order valence-electron chi connectivity index (χ2n) is 4.83. The van der Waals surface area contributed by atoms with Gasteiger partial charge in [0.05, 0.1) is 0 Å². The maximum absolute atomic E-state index is 12.7. The summed E-state index contributed by atoms with van der Waals surface area (Å²) in [7, 11) is 0. The van der Waals surface area contributed by atoms with Gasteiger partial charge in [0.2, 0.25) is 0 Å². The first-order chi connectivity index (χ1) is 9.46. The van der Waals surface area contributed by atoms with Gasteiger partial charge in [-0.1, -0.05) is 35.9 Å². The molecule has 0 aliphatic heterocycles. The number of halogens is 4. The summed E-state index contributed by atoms with van der Waals surface area (Å²) in [5.74, 6) is 0.254. The van der Waals surface area contributed by atoms with E-state index in [2.05, 4.69) is 10.2 Å². The van der Waals surface area contributed by atoms with Gasteiger partial charge in [0, 0.05) is 16.8 Å². The van der Waals surface area contributed by atoms with E-state index in [1.54, 1.807) is 24.3 Å². The Hall–Kier alpha value is -1.56. The van der Waals surface area contributed by atoms with Crippen LogP contribution >= 0.6 is 11.6 Å². The van der Waals surface area contributed by atoms with E-state index in [4.69, 9.17) is 11.6 Å². The Kier molecular flexibility index (Phi) is 3.20. The van der Waals surface area contributed by atoms with Crippen LogP contribution in [0.25, 0.3) is 10.8 Å². The Morgan fingerprint density at radius 2 is 1.80 bits per heavy atom. The highest BCUT2D eigenvalue weighted by Crippen LogP contribution is 2.37. The number of benzene rings is 1. The minimum atomic E-state index is -4.27. The van der Waals surface area contributed by atoms with Gasteiger partial charge in [-0.25, -0.2) is 0 Å². The third-order valence-electron chi connectivity index (χ3n) is 3.23. The van der Waals surface area contributed by atoms with Gasteiger partial charge in [-0.2, -0.15) is 13.2 Å². The lowest BCUT2D eigenvalue weighted by Crippen LogP contribution is -2.36. The number of rotatable bonds is 3.